The van der Waals surface area contributed by atoms with Crippen LogP contribution < -0.4 is 0 Å². The zero-order chi connectivity index (χ0) is 18.0. The predicted octanol–water partition coefficient (Wildman–Crippen LogP) is 1.54. The summed E-state index contributed by atoms with van der Waals surface area (Å²) in [4.78, 5) is 15.0. The van der Waals surface area contributed by atoms with Crippen LogP contribution >= 0.6 is 0 Å². The van der Waals surface area contributed by atoms with Gasteiger partial charge in [-0.15, -0.1) is 5.10 Å². The predicted molar refractivity (Wildman–Crippen MR) is 88.3 cm³/mol. The number of halogens is 1. The Hall–Kier alpha value is -2.35. The minimum absolute atomic E-state index is 0.0301. The number of aromatic nitrogens is 4. The molecular formula is C17H22FN5O2. The fourth-order valence-electron chi connectivity index (χ4n) is 3.26. The first kappa shape index (κ1) is 17.5. The molecule has 0 unspecified atom stereocenters. The van der Waals surface area contributed by atoms with Gasteiger partial charge >= 0.3 is 0 Å². The highest BCUT2D eigenvalue weighted by atomic mass is 19.1. The third-order valence-corrected chi connectivity index (χ3v) is 4.29. The molecule has 0 spiro atoms. The first-order chi connectivity index (χ1) is 11.9. The highest BCUT2D eigenvalue weighted by Crippen LogP contribution is 2.21. The van der Waals surface area contributed by atoms with Gasteiger partial charge in [0.05, 0.1) is 12.2 Å². The Morgan fingerprint density at radius 2 is 2.08 bits per heavy atom. The van der Waals surface area contributed by atoms with Crippen LogP contribution in [0.2, 0.25) is 0 Å². The van der Waals surface area contributed by atoms with Gasteiger partial charge < -0.3 is 9.64 Å². The fourth-order valence-corrected chi connectivity index (χ4v) is 3.26. The molecule has 1 aliphatic rings. The average Bonchev–Trinajstić information content (AvgIpc) is 2.97. The van der Waals surface area contributed by atoms with E-state index in [4.69, 9.17) is 4.74 Å². The molecule has 1 amide bonds. The van der Waals surface area contributed by atoms with E-state index >= 15 is 0 Å². The SMILES string of the molecule is Cc1nnnn1[C@H](Cc1cccc(F)c1)C(=O)N1C[C@@H](C)O[C@H](C)C1. The molecule has 134 valence electrons. The van der Waals surface area contributed by atoms with Crippen LogP contribution in [0.3, 0.4) is 0 Å². The largest absolute Gasteiger partial charge is 0.372 e. The van der Waals surface area contributed by atoms with E-state index in [0.717, 1.165) is 5.56 Å². The van der Waals surface area contributed by atoms with Gasteiger partial charge in [0.15, 0.2) is 0 Å². The summed E-state index contributed by atoms with van der Waals surface area (Å²) >= 11 is 0. The first-order valence-electron chi connectivity index (χ1n) is 8.37. The molecule has 1 aromatic heterocycles. The summed E-state index contributed by atoms with van der Waals surface area (Å²) in [5, 5.41) is 11.5. The molecule has 0 bridgehead atoms. The Kier molecular flexibility index (Phi) is 5.08. The number of tetrazole rings is 1. The van der Waals surface area contributed by atoms with Crippen molar-refractivity contribution < 1.29 is 13.9 Å². The highest BCUT2D eigenvalue weighted by Gasteiger charge is 2.33. The molecule has 0 radical (unpaired) electrons. The molecule has 25 heavy (non-hydrogen) atoms. The number of amides is 1. The Bertz CT molecular complexity index is 740. The molecule has 1 aliphatic heterocycles. The van der Waals surface area contributed by atoms with Gasteiger partial charge in [-0.25, -0.2) is 9.07 Å². The number of nitrogens with zero attached hydrogens (tertiary/aromatic N) is 5. The van der Waals surface area contributed by atoms with E-state index in [0.29, 0.717) is 25.3 Å². The van der Waals surface area contributed by atoms with Crippen molar-refractivity contribution in [3.8, 4) is 0 Å². The van der Waals surface area contributed by atoms with E-state index in [9.17, 15) is 9.18 Å². The second kappa shape index (κ2) is 7.26. The lowest BCUT2D eigenvalue weighted by molar-refractivity contribution is -0.147. The monoisotopic (exact) mass is 347 g/mol. The Morgan fingerprint density at radius 1 is 1.36 bits per heavy atom. The summed E-state index contributed by atoms with van der Waals surface area (Å²) in [6.45, 7) is 6.67. The van der Waals surface area contributed by atoms with Crippen LogP contribution in [0.15, 0.2) is 24.3 Å². The van der Waals surface area contributed by atoms with E-state index in [1.807, 2.05) is 13.8 Å². The molecule has 1 aromatic carbocycles. The molecule has 3 atom stereocenters. The minimum atomic E-state index is -0.616. The Labute approximate surface area is 145 Å². The van der Waals surface area contributed by atoms with Crippen molar-refractivity contribution in [1.82, 2.24) is 25.1 Å². The lowest BCUT2D eigenvalue weighted by Crippen LogP contribution is -2.50. The lowest BCUT2D eigenvalue weighted by Gasteiger charge is -2.37. The molecule has 1 fully saturated rings. The summed E-state index contributed by atoms with van der Waals surface area (Å²) in [5.74, 6) is 0.136. The number of ether oxygens (including phenoxy) is 1. The summed E-state index contributed by atoms with van der Waals surface area (Å²) in [6, 6.07) is 5.64. The maximum absolute atomic E-state index is 13.5. The fraction of sp³-hybridized carbons (Fsp3) is 0.529. The molecule has 2 heterocycles. The molecule has 2 aromatic rings. The second-order valence-corrected chi connectivity index (χ2v) is 6.52. The molecule has 0 N–H and O–H groups in total. The standard InChI is InChI=1S/C17H22FN5O2/c1-11-9-22(10-12(2)25-11)17(24)16(23-13(3)19-20-21-23)8-14-5-4-6-15(18)7-14/h4-7,11-12,16H,8-10H2,1-3H3/t11-,12-,16-/m1/s1. The smallest absolute Gasteiger partial charge is 0.248 e. The number of carbonyl (C=O) groups excluding carboxylic acids is 1. The van der Waals surface area contributed by atoms with Gasteiger partial charge in [0.1, 0.15) is 17.7 Å². The average molecular weight is 347 g/mol. The summed E-state index contributed by atoms with van der Waals surface area (Å²) in [5.41, 5.74) is 0.725. The van der Waals surface area contributed by atoms with E-state index in [1.54, 1.807) is 24.0 Å². The molecule has 8 heteroatoms. The van der Waals surface area contributed by atoms with Crippen molar-refractivity contribution in [3.63, 3.8) is 0 Å². The quantitative estimate of drug-likeness (QED) is 0.839. The number of benzene rings is 1. The number of hydrogen-bond donors (Lipinski definition) is 0. The third-order valence-electron chi connectivity index (χ3n) is 4.29. The maximum Gasteiger partial charge on any atom is 0.248 e. The van der Waals surface area contributed by atoms with Crippen molar-refractivity contribution in [3.05, 3.63) is 41.5 Å². The van der Waals surface area contributed by atoms with Crippen LogP contribution in [0, 0.1) is 12.7 Å². The van der Waals surface area contributed by atoms with Crippen LogP contribution in [0.25, 0.3) is 0 Å². The second-order valence-electron chi connectivity index (χ2n) is 6.52. The van der Waals surface area contributed by atoms with Gasteiger partial charge in [-0.05, 0) is 48.9 Å². The van der Waals surface area contributed by atoms with Gasteiger partial charge in [-0.3, -0.25) is 4.79 Å². The van der Waals surface area contributed by atoms with E-state index in [1.165, 1.54) is 16.8 Å². The summed E-state index contributed by atoms with van der Waals surface area (Å²) in [6.07, 6.45) is 0.262. The van der Waals surface area contributed by atoms with Crippen LogP contribution in [0.5, 0.6) is 0 Å². The number of carbonyl (C=O) groups is 1. The van der Waals surface area contributed by atoms with Gasteiger partial charge in [-0.2, -0.15) is 0 Å². The number of morpholine rings is 1. The molecule has 7 nitrogen and oxygen atoms in total. The molecule has 1 saturated heterocycles. The summed E-state index contributed by atoms with van der Waals surface area (Å²) in [7, 11) is 0. The number of aryl methyl sites for hydroxylation is 1. The van der Waals surface area contributed by atoms with E-state index in [-0.39, 0.29) is 23.9 Å². The third kappa shape index (κ3) is 4.01. The maximum atomic E-state index is 13.5. The van der Waals surface area contributed by atoms with Gasteiger partial charge in [0, 0.05) is 19.5 Å². The topological polar surface area (TPSA) is 73.1 Å². The van der Waals surface area contributed by atoms with Crippen molar-refractivity contribution in [1.29, 1.82) is 0 Å². The van der Waals surface area contributed by atoms with Crippen LogP contribution in [-0.4, -0.2) is 56.3 Å². The number of hydrogen-bond acceptors (Lipinski definition) is 5. The van der Waals surface area contributed by atoms with Crippen LogP contribution in [0.1, 0.15) is 31.3 Å². The van der Waals surface area contributed by atoms with Gasteiger partial charge in [-0.1, -0.05) is 12.1 Å². The Morgan fingerprint density at radius 3 is 2.68 bits per heavy atom. The van der Waals surface area contributed by atoms with Crippen LogP contribution in [0.4, 0.5) is 4.39 Å². The zero-order valence-corrected chi connectivity index (χ0v) is 14.6. The van der Waals surface area contributed by atoms with Crippen molar-refractivity contribution in [2.75, 3.05) is 13.1 Å². The van der Waals surface area contributed by atoms with E-state index < -0.39 is 6.04 Å². The first-order valence-corrected chi connectivity index (χ1v) is 8.37. The van der Waals surface area contributed by atoms with Crippen molar-refractivity contribution in [2.45, 2.75) is 45.4 Å². The summed E-state index contributed by atoms with van der Waals surface area (Å²) < 4.78 is 20.8. The molecule has 0 saturated carbocycles. The Balaban J connectivity index is 1.88. The number of rotatable bonds is 4. The van der Waals surface area contributed by atoms with Gasteiger partial charge in [0.25, 0.3) is 0 Å². The lowest BCUT2D eigenvalue weighted by atomic mass is 10.0. The van der Waals surface area contributed by atoms with E-state index in [2.05, 4.69) is 15.5 Å². The molecule has 3 rings (SSSR count). The molecule has 0 aliphatic carbocycles. The van der Waals surface area contributed by atoms with Gasteiger partial charge in [0.2, 0.25) is 5.91 Å². The molecular weight excluding hydrogens is 325 g/mol. The highest BCUT2D eigenvalue weighted by molar-refractivity contribution is 5.81. The zero-order valence-electron chi connectivity index (χ0n) is 14.6. The van der Waals surface area contributed by atoms with Crippen molar-refractivity contribution >= 4 is 5.91 Å². The minimum Gasteiger partial charge on any atom is -0.372 e. The van der Waals surface area contributed by atoms with Crippen LogP contribution in [-0.2, 0) is 16.0 Å². The van der Waals surface area contributed by atoms with Crippen molar-refractivity contribution in [2.24, 2.45) is 0 Å². The normalized spacial score (nSPS) is 22.0.